The van der Waals surface area contributed by atoms with Gasteiger partial charge in [-0.2, -0.15) is 0 Å². The van der Waals surface area contributed by atoms with Crippen molar-refractivity contribution in [2.45, 2.75) is 26.2 Å². The van der Waals surface area contributed by atoms with Crippen molar-refractivity contribution >= 4 is 5.97 Å². The molecule has 2 aromatic rings. The Morgan fingerprint density at radius 3 is 3.06 bits per heavy atom. The fourth-order valence-corrected chi connectivity index (χ4v) is 1.72. The van der Waals surface area contributed by atoms with Crippen molar-refractivity contribution in [2.24, 2.45) is 0 Å². The zero-order chi connectivity index (χ0) is 13.0. The summed E-state index contributed by atoms with van der Waals surface area (Å²) >= 11 is 0. The van der Waals surface area contributed by atoms with Gasteiger partial charge in [0.2, 0.25) is 0 Å². The van der Waals surface area contributed by atoms with Crippen LogP contribution in [0.1, 0.15) is 35.8 Å². The molecule has 5 heteroatoms. The standard InChI is InChI=1S/C13H15N3O2/c1-2-3-4-11-6-8-16(15-11)12-9-10(13(17)18)5-7-14-12/h5-9H,2-4H2,1H3,(H,17,18)/p+1. The van der Waals surface area contributed by atoms with Crippen molar-refractivity contribution in [3.05, 3.63) is 41.9 Å². The molecule has 0 atom stereocenters. The van der Waals surface area contributed by atoms with E-state index in [4.69, 9.17) is 5.11 Å². The molecule has 0 unspecified atom stereocenters. The average molecular weight is 246 g/mol. The lowest BCUT2D eigenvalue weighted by atomic mass is 10.2. The number of unbranched alkanes of at least 4 members (excludes halogenated alkanes) is 1. The molecule has 0 fully saturated rings. The number of H-pyrrole nitrogens is 1. The average Bonchev–Trinajstić information content (AvgIpc) is 2.85. The number of aryl methyl sites for hydroxylation is 1. The summed E-state index contributed by atoms with van der Waals surface area (Å²) in [5.74, 6) is -0.366. The first-order valence-corrected chi connectivity index (χ1v) is 6.00. The van der Waals surface area contributed by atoms with Gasteiger partial charge in [0.25, 0.3) is 0 Å². The Labute approximate surface area is 105 Å². The molecule has 0 aromatic carbocycles. The molecule has 0 aliphatic heterocycles. The number of rotatable bonds is 5. The molecule has 5 nitrogen and oxygen atoms in total. The highest BCUT2D eigenvalue weighted by Gasteiger charge is 2.13. The van der Waals surface area contributed by atoms with Crippen LogP contribution in [0.3, 0.4) is 0 Å². The molecule has 2 N–H and O–H groups in total. The number of carboxylic acids is 1. The molecule has 2 aromatic heterocycles. The molecule has 0 aliphatic carbocycles. The van der Waals surface area contributed by atoms with Gasteiger partial charge in [-0.05, 0) is 23.9 Å². The van der Waals surface area contributed by atoms with Crippen LogP contribution in [0.25, 0.3) is 5.82 Å². The van der Waals surface area contributed by atoms with Gasteiger partial charge in [0, 0.05) is 12.1 Å². The van der Waals surface area contributed by atoms with Crippen molar-refractivity contribution in [3.8, 4) is 5.82 Å². The minimum atomic E-state index is -0.947. The summed E-state index contributed by atoms with van der Waals surface area (Å²) in [6.07, 6.45) is 6.62. The lowest BCUT2D eigenvalue weighted by Gasteiger charge is -1.95. The molecule has 94 valence electrons. The minimum Gasteiger partial charge on any atom is -0.478 e. The second-order valence-corrected chi connectivity index (χ2v) is 4.13. The zero-order valence-corrected chi connectivity index (χ0v) is 10.3. The van der Waals surface area contributed by atoms with Gasteiger partial charge in [-0.3, -0.25) is 0 Å². The van der Waals surface area contributed by atoms with Gasteiger partial charge in [-0.25, -0.2) is 9.89 Å². The van der Waals surface area contributed by atoms with Crippen LogP contribution in [0.4, 0.5) is 0 Å². The normalized spacial score (nSPS) is 10.5. The van der Waals surface area contributed by atoms with Gasteiger partial charge >= 0.3 is 11.8 Å². The largest absolute Gasteiger partial charge is 0.478 e. The van der Waals surface area contributed by atoms with Crippen LogP contribution in [0.15, 0.2) is 30.6 Å². The smallest absolute Gasteiger partial charge is 0.346 e. The topological polar surface area (TPSA) is 69.9 Å². The van der Waals surface area contributed by atoms with E-state index in [0.29, 0.717) is 5.82 Å². The van der Waals surface area contributed by atoms with Crippen LogP contribution in [0.2, 0.25) is 0 Å². The third kappa shape index (κ3) is 2.74. The summed E-state index contributed by atoms with van der Waals surface area (Å²) in [6.45, 7) is 2.15. The maximum Gasteiger partial charge on any atom is 0.346 e. The summed E-state index contributed by atoms with van der Waals surface area (Å²) in [5, 5.41) is 12.1. The predicted octanol–water partition coefficient (Wildman–Crippen LogP) is 1.73. The molecule has 2 rings (SSSR count). The van der Waals surface area contributed by atoms with E-state index in [2.05, 4.69) is 17.0 Å². The molecular formula is C13H16N3O2+. The van der Waals surface area contributed by atoms with E-state index in [0.717, 1.165) is 25.0 Å². The van der Waals surface area contributed by atoms with Crippen LogP contribution >= 0.6 is 0 Å². The second kappa shape index (κ2) is 5.44. The minimum absolute atomic E-state index is 0.234. The van der Waals surface area contributed by atoms with E-state index in [-0.39, 0.29) is 5.56 Å². The van der Waals surface area contributed by atoms with Gasteiger partial charge in [0.1, 0.15) is 12.4 Å². The van der Waals surface area contributed by atoms with E-state index >= 15 is 0 Å². The third-order valence-corrected chi connectivity index (χ3v) is 2.73. The zero-order valence-electron chi connectivity index (χ0n) is 10.3. The molecule has 0 aliphatic rings. The Morgan fingerprint density at radius 2 is 2.33 bits per heavy atom. The molecule has 0 amide bonds. The Kier molecular flexibility index (Phi) is 3.72. The van der Waals surface area contributed by atoms with Crippen LogP contribution in [-0.2, 0) is 6.42 Å². The predicted molar refractivity (Wildman–Crippen MR) is 65.7 cm³/mol. The highest BCUT2D eigenvalue weighted by Crippen LogP contribution is 2.03. The van der Waals surface area contributed by atoms with Gasteiger partial charge in [0.15, 0.2) is 0 Å². The van der Waals surface area contributed by atoms with Crippen molar-refractivity contribution < 1.29 is 14.6 Å². The van der Waals surface area contributed by atoms with Crippen LogP contribution < -0.4 is 4.68 Å². The van der Waals surface area contributed by atoms with Gasteiger partial charge in [-0.15, -0.1) is 4.68 Å². The SMILES string of the molecule is CCCCc1cc[n+](-c2cc(C(=O)O)ccn2)[nH]1. The van der Waals surface area contributed by atoms with E-state index in [1.165, 1.54) is 12.3 Å². The highest BCUT2D eigenvalue weighted by atomic mass is 16.4. The first-order chi connectivity index (χ1) is 8.70. The maximum atomic E-state index is 10.9. The van der Waals surface area contributed by atoms with Crippen molar-refractivity contribution in [2.75, 3.05) is 0 Å². The van der Waals surface area contributed by atoms with Crippen molar-refractivity contribution in [1.29, 1.82) is 0 Å². The third-order valence-electron chi connectivity index (χ3n) is 2.73. The number of aromatic carboxylic acids is 1. The summed E-state index contributed by atoms with van der Waals surface area (Å²) in [4.78, 5) is 15.0. The Hall–Kier alpha value is -2.17. The fraction of sp³-hybridized carbons (Fsp3) is 0.308. The Morgan fingerprint density at radius 1 is 1.50 bits per heavy atom. The second-order valence-electron chi connectivity index (χ2n) is 4.13. The van der Waals surface area contributed by atoms with Crippen LogP contribution in [0, 0.1) is 0 Å². The molecule has 0 radical (unpaired) electrons. The number of nitrogens with one attached hydrogen (secondary N) is 1. The van der Waals surface area contributed by atoms with Crippen LogP contribution in [0.5, 0.6) is 0 Å². The first-order valence-electron chi connectivity index (χ1n) is 6.00. The lowest BCUT2D eigenvalue weighted by molar-refractivity contribution is -0.659. The Balaban J connectivity index is 2.23. The Bertz CT molecular complexity index is 549. The van der Waals surface area contributed by atoms with Crippen LogP contribution in [-0.4, -0.2) is 21.2 Å². The van der Waals surface area contributed by atoms with Gasteiger partial charge in [0.05, 0.1) is 11.3 Å². The summed E-state index contributed by atoms with van der Waals surface area (Å²) in [6, 6.07) is 5.01. The molecule has 0 spiro atoms. The fourth-order valence-electron chi connectivity index (χ4n) is 1.72. The molecule has 0 saturated heterocycles. The number of aromatic nitrogens is 3. The van der Waals surface area contributed by atoms with E-state index < -0.39 is 5.97 Å². The number of aromatic amines is 1. The number of pyridine rings is 1. The van der Waals surface area contributed by atoms with E-state index in [1.54, 1.807) is 10.7 Å². The van der Waals surface area contributed by atoms with Gasteiger partial charge in [-0.1, -0.05) is 13.3 Å². The molecular weight excluding hydrogens is 230 g/mol. The highest BCUT2D eigenvalue weighted by molar-refractivity contribution is 5.87. The quantitative estimate of drug-likeness (QED) is 0.789. The van der Waals surface area contributed by atoms with Gasteiger partial charge < -0.3 is 5.11 Å². The van der Waals surface area contributed by atoms with Crippen molar-refractivity contribution in [3.63, 3.8) is 0 Å². The summed E-state index contributed by atoms with van der Waals surface area (Å²) in [7, 11) is 0. The van der Waals surface area contributed by atoms with E-state index in [9.17, 15) is 4.79 Å². The number of carboxylic acid groups (broad SMARTS) is 1. The maximum absolute atomic E-state index is 10.9. The summed E-state index contributed by atoms with van der Waals surface area (Å²) < 4.78 is 1.73. The number of carbonyl (C=O) groups is 1. The first kappa shape index (κ1) is 12.3. The molecule has 0 saturated carbocycles. The summed E-state index contributed by atoms with van der Waals surface area (Å²) in [5.41, 5.74) is 1.36. The monoisotopic (exact) mass is 246 g/mol. The number of hydrogen-bond donors (Lipinski definition) is 2. The van der Waals surface area contributed by atoms with E-state index in [1.807, 2.05) is 12.3 Å². The molecule has 18 heavy (non-hydrogen) atoms. The molecule has 0 bridgehead atoms. The number of nitrogens with zero attached hydrogens (tertiary/aromatic N) is 2. The van der Waals surface area contributed by atoms with Crippen molar-refractivity contribution in [1.82, 2.24) is 10.1 Å². The lowest BCUT2D eigenvalue weighted by Crippen LogP contribution is -2.33. The molecule has 2 heterocycles. The number of hydrogen-bond acceptors (Lipinski definition) is 2.